The van der Waals surface area contributed by atoms with Gasteiger partial charge in [-0.3, -0.25) is 14.8 Å². The fourth-order valence-corrected chi connectivity index (χ4v) is 3.78. The molecule has 6 N–H and O–H groups in total. The molecule has 0 aliphatic carbocycles. The number of nitrogens with one attached hydrogen (secondary N) is 2. The molecule has 2 aromatic carbocycles. The Kier molecular flexibility index (Phi) is 10.2. The van der Waals surface area contributed by atoms with Gasteiger partial charge in [-0.2, -0.15) is 0 Å². The molecular weight excluding hydrogens is 484 g/mol. The van der Waals surface area contributed by atoms with Gasteiger partial charge in [0.25, 0.3) is 5.91 Å². The van der Waals surface area contributed by atoms with Crippen LogP contribution in [-0.2, 0) is 5.41 Å². The van der Waals surface area contributed by atoms with Gasteiger partial charge in [-0.1, -0.05) is 38.8 Å². The van der Waals surface area contributed by atoms with Crippen LogP contribution in [0.4, 0.5) is 17.1 Å². The summed E-state index contributed by atoms with van der Waals surface area (Å²) in [5, 5.41) is 4.44. The Morgan fingerprint density at radius 2 is 1.78 bits per heavy atom. The van der Waals surface area contributed by atoms with Crippen molar-refractivity contribution in [1.29, 1.82) is 0 Å². The molecule has 0 heterocycles. The fraction of sp³-hybridized carbons (Fsp3) is 0.357. The molecule has 0 spiro atoms. The zero-order chi connectivity index (χ0) is 27.9. The maximum absolute atomic E-state index is 13.4. The highest BCUT2D eigenvalue weighted by Crippen LogP contribution is 2.39. The third-order valence-corrected chi connectivity index (χ3v) is 6.04. The first-order valence-corrected chi connectivity index (χ1v) is 13.1. The normalized spacial score (nSPS) is 12.2. The Morgan fingerprint density at radius 1 is 1.14 bits per heavy atom. The molecule has 0 unspecified atom stereocenters. The van der Waals surface area contributed by atoms with E-state index in [1.54, 1.807) is 31.6 Å². The minimum atomic E-state index is -0.283. The van der Waals surface area contributed by atoms with E-state index in [0.717, 1.165) is 28.1 Å². The van der Waals surface area contributed by atoms with Crippen LogP contribution >= 0.6 is 11.9 Å². The number of rotatable bonds is 9. The summed E-state index contributed by atoms with van der Waals surface area (Å²) in [6.07, 6.45) is 5.25. The second-order valence-corrected chi connectivity index (χ2v) is 10.6. The van der Waals surface area contributed by atoms with Crippen molar-refractivity contribution in [3.8, 4) is 5.75 Å². The number of hydrogen-bond acceptors (Lipinski definition) is 8. The first-order chi connectivity index (χ1) is 17.3. The highest BCUT2D eigenvalue weighted by molar-refractivity contribution is 7.99. The van der Waals surface area contributed by atoms with Gasteiger partial charge in [-0.15, -0.1) is 0 Å². The lowest BCUT2D eigenvalue weighted by atomic mass is 9.86. The summed E-state index contributed by atoms with van der Waals surface area (Å²) in [7, 11) is 1.59. The number of anilines is 3. The zero-order valence-electron chi connectivity index (χ0n) is 23.3. The number of allylic oxidation sites excluding steroid dienone is 1. The number of ether oxygens (including phenoxy) is 1. The number of hydrazine groups is 1. The predicted octanol–water partition coefficient (Wildman–Crippen LogP) is 6.11. The Bertz CT molecular complexity index is 1220. The van der Waals surface area contributed by atoms with E-state index in [2.05, 4.69) is 35.8 Å². The lowest BCUT2D eigenvalue weighted by molar-refractivity contribution is 0.102. The van der Waals surface area contributed by atoms with Crippen molar-refractivity contribution in [2.75, 3.05) is 28.4 Å². The lowest BCUT2D eigenvalue weighted by Crippen LogP contribution is -2.27. The number of nitrogens with zero attached hydrogens (tertiary/aromatic N) is 2. The summed E-state index contributed by atoms with van der Waals surface area (Å²) in [5.74, 6) is 6.61. The average Bonchev–Trinajstić information content (AvgIpc) is 2.82. The Hall–Kier alpha value is -3.43. The SMILES string of the molecule is COc1c(NSC)cc(C(C)(C)C)cc1NC(=O)c1ccc(C)c(N(N)/C=C(N)/C(C)=C/N=C(C)C)c1. The van der Waals surface area contributed by atoms with Crippen molar-refractivity contribution < 1.29 is 9.53 Å². The van der Waals surface area contributed by atoms with Gasteiger partial charge in [0.15, 0.2) is 5.75 Å². The monoisotopic (exact) mass is 524 g/mol. The summed E-state index contributed by atoms with van der Waals surface area (Å²) >= 11 is 1.46. The van der Waals surface area contributed by atoms with Crippen LogP contribution in [-0.4, -0.2) is 25.0 Å². The van der Waals surface area contributed by atoms with Crippen molar-refractivity contribution in [3.05, 3.63) is 70.7 Å². The van der Waals surface area contributed by atoms with Crippen LogP contribution in [0.2, 0.25) is 0 Å². The summed E-state index contributed by atoms with van der Waals surface area (Å²) in [6.45, 7) is 14.0. The van der Waals surface area contributed by atoms with E-state index >= 15 is 0 Å². The van der Waals surface area contributed by atoms with Crippen LogP contribution in [0.15, 0.2) is 59.0 Å². The molecular formula is C28H40N6O2S. The number of methoxy groups -OCH3 is 1. The number of carbonyl (C=O) groups excluding carboxylic acids is 1. The molecule has 0 bridgehead atoms. The highest BCUT2D eigenvalue weighted by Gasteiger charge is 2.21. The second kappa shape index (κ2) is 12.7. The van der Waals surface area contributed by atoms with E-state index in [0.29, 0.717) is 28.4 Å². The molecule has 0 fully saturated rings. The minimum Gasteiger partial charge on any atom is -0.492 e. The minimum absolute atomic E-state index is 0.127. The van der Waals surface area contributed by atoms with Crippen LogP contribution in [0.25, 0.3) is 0 Å². The van der Waals surface area contributed by atoms with Gasteiger partial charge in [-0.25, -0.2) is 5.84 Å². The molecule has 0 aromatic heterocycles. The summed E-state index contributed by atoms with van der Waals surface area (Å²) in [6, 6.07) is 9.35. The molecule has 200 valence electrons. The number of aliphatic imine (C=N–C) groups is 1. The van der Waals surface area contributed by atoms with Gasteiger partial charge in [0, 0.05) is 29.9 Å². The van der Waals surface area contributed by atoms with Gasteiger partial charge in [0.1, 0.15) is 0 Å². The van der Waals surface area contributed by atoms with E-state index in [9.17, 15) is 4.79 Å². The number of hydrogen-bond donors (Lipinski definition) is 4. The van der Waals surface area contributed by atoms with E-state index in [1.807, 2.05) is 52.1 Å². The molecule has 0 saturated carbocycles. The molecule has 0 aliphatic rings. The number of amides is 1. The number of carbonyl (C=O) groups is 1. The Morgan fingerprint density at radius 3 is 2.35 bits per heavy atom. The average molecular weight is 525 g/mol. The first-order valence-electron chi connectivity index (χ1n) is 11.9. The summed E-state index contributed by atoms with van der Waals surface area (Å²) in [4.78, 5) is 17.6. The van der Waals surface area contributed by atoms with Crippen molar-refractivity contribution in [2.45, 2.75) is 53.9 Å². The third-order valence-electron chi connectivity index (χ3n) is 5.62. The van der Waals surface area contributed by atoms with Crippen molar-refractivity contribution in [1.82, 2.24) is 0 Å². The van der Waals surface area contributed by atoms with Crippen LogP contribution in [0.1, 0.15) is 63.0 Å². The van der Waals surface area contributed by atoms with E-state index in [4.69, 9.17) is 16.3 Å². The summed E-state index contributed by atoms with van der Waals surface area (Å²) < 4.78 is 8.91. The van der Waals surface area contributed by atoms with Gasteiger partial charge in [-0.05, 0) is 74.1 Å². The molecule has 1 amide bonds. The third kappa shape index (κ3) is 8.03. The largest absolute Gasteiger partial charge is 0.492 e. The van der Waals surface area contributed by atoms with Crippen molar-refractivity contribution >= 4 is 40.6 Å². The Balaban J connectivity index is 2.43. The van der Waals surface area contributed by atoms with Crippen molar-refractivity contribution in [3.63, 3.8) is 0 Å². The lowest BCUT2D eigenvalue weighted by Gasteiger charge is -2.24. The van der Waals surface area contributed by atoms with Gasteiger partial charge >= 0.3 is 0 Å². The Labute approximate surface area is 225 Å². The van der Waals surface area contributed by atoms with E-state index in [-0.39, 0.29) is 11.3 Å². The molecule has 0 aliphatic heterocycles. The maximum atomic E-state index is 13.4. The quantitative estimate of drug-likeness (QED) is 0.103. The van der Waals surface area contributed by atoms with Crippen LogP contribution in [0, 0.1) is 6.92 Å². The maximum Gasteiger partial charge on any atom is 0.255 e. The number of aryl methyl sites for hydroxylation is 1. The molecule has 9 heteroatoms. The molecule has 0 atom stereocenters. The van der Waals surface area contributed by atoms with Gasteiger partial charge in [0.05, 0.1) is 29.9 Å². The molecule has 2 rings (SSSR count). The smallest absolute Gasteiger partial charge is 0.255 e. The molecule has 8 nitrogen and oxygen atoms in total. The molecule has 37 heavy (non-hydrogen) atoms. The van der Waals surface area contributed by atoms with Gasteiger partial charge in [0.2, 0.25) is 0 Å². The number of benzene rings is 2. The molecule has 2 aromatic rings. The zero-order valence-corrected chi connectivity index (χ0v) is 24.1. The van der Waals surface area contributed by atoms with Crippen LogP contribution in [0.3, 0.4) is 0 Å². The highest BCUT2D eigenvalue weighted by atomic mass is 32.2. The standard InChI is InChI=1S/C28H40N6O2S/c1-17(2)31-15-19(4)22(29)16-34(30)25-12-20(11-10-18(25)3)27(35)32-23-13-21(28(5,6)7)14-24(33-37-9)26(23)36-8/h10-16,33H,29-30H2,1-9H3,(H,32,35)/b19-15+,22-16-. The van der Waals surface area contributed by atoms with Crippen LogP contribution < -0.4 is 31.4 Å². The van der Waals surface area contributed by atoms with E-state index < -0.39 is 0 Å². The topological polar surface area (TPSA) is 118 Å². The summed E-state index contributed by atoms with van der Waals surface area (Å²) in [5.41, 5.74) is 12.7. The van der Waals surface area contributed by atoms with E-state index in [1.165, 1.54) is 17.0 Å². The molecule has 0 radical (unpaired) electrons. The van der Waals surface area contributed by atoms with Crippen molar-refractivity contribution in [2.24, 2.45) is 16.6 Å². The fourth-order valence-electron chi connectivity index (χ4n) is 3.41. The molecule has 0 saturated heterocycles. The predicted molar refractivity (Wildman–Crippen MR) is 159 cm³/mol. The van der Waals surface area contributed by atoms with Crippen LogP contribution in [0.5, 0.6) is 5.75 Å². The first kappa shape index (κ1) is 29.8. The number of nitrogens with two attached hydrogens (primary N) is 2. The second-order valence-electron chi connectivity index (χ2n) is 10.00. The van der Waals surface area contributed by atoms with Gasteiger partial charge < -0.3 is 20.5 Å².